The Bertz CT molecular complexity index is 561. The second kappa shape index (κ2) is 7.57. The molecule has 21 heavy (non-hydrogen) atoms. The Balaban J connectivity index is 2.15. The smallest absolute Gasteiger partial charge is 0.118 e. The summed E-state index contributed by atoms with van der Waals surface area (Å²) in [6.45, 7) is 8.46. The van der Waals surface area contributed by atoms with E-state index < -0.39 is 0 Å². The van der Waals surface area contributed by atoms with Gasteiger partial charge in [0.25, 0.3) is 0 Å². The molecule has 1 heterocycles. The van der Waals surface area contributed by atoms with Crippen LogP contribution in [0.3, 0.4) is 0 Å². The number of hydrogen-bond acceptors (Lipinski definition) is 4. The van der Waals surface area contributed by atoms with Gasteiger partial charge in [-0.3, -0.25) is 0 Å². The van der Waals surface area contributed by atoms with Gasteiger partial charge >= 0.3 is 0 Å². The molecule has 0 atom stereocenters. The SMILES string of the molecule is CCNCc1sc(Cc2ccc(OC)cc2)nc1C(C)C. The van der Waals surface area contributed by atoms with Crippen LogP contribution in [0.15, 0.2) is 24.3 Å². The first-order valence-electron chi connectivity index (χ1n) is 7.46. The summed E-state index contributed by atoms with van der Waals surface area (Å²) in [6.07, 6.45) is 0.889. The fourth-order valence-corrected chi connectivity index (χ4v) is 3.45. The maximum absolute atomic E-state index is 5.20. The van der Waals surface area contributed by atoms with E-state index in [4.69, 9.17) is 9.72 Å². The standard InChI is InChI=1S/C17H24N2OS/c1-5-18-11-15-17(12(2)3)19-16(21-15)10-13-6-8-14(20-4)9-7-13/h6-9,12,18H,5,10-11H2,1-4H3. The number of hydrogen-bond donors (Lipinski definition) is 1. The van der Waals surface area contributed by atoms with E-state index >= 15 is 0 Å². The number of ether oxygens (including phenoxy) is 1. The van der Waals surface area contributed by atoms with Gasteiger partial charge in [-0.05, 0) is 30.2 Å². The molecule has 2 aromatic rings. The lowest BCUT2D eigenvalue weighted by Crippen LogP contribution is -2.12. The molecule has 0 aliphatic carbocycles. The fraction of sp³-hybridized carbons (Fsp3) is 0.471. The number of nitrogens with one attached hydrogen (secondary N) is 1. The van der Waals surface area contributed by atoms with Crippen molar-refractivity contribution in [3.8, 4) is 5.75 Å². The molecule has 0 aliphatic rings. The van der Waals surface area contributed by atoms with E-state index in [-0.39, 0.29) is 0 Å². The Kier molecular flexibility index (Phi) is 5.76. The van der Waals surface area contributed by atoms with Crippen LogP contribution in [0.5, 0.6) is 5.75 Å². The van der Waals surface area contributed by atoms with Crippen LogP contribution in [-0.4, -0.2) is 18.6 Å². The number of benzene rings is 1. The summed E-state index contributed by atoms with van der Waals surface area (Å²) < 4.78 is 5.20. The molecule has 3 nitrogen and oxygen atoms in total. The fourth-order valence-electron chi connectivity index (χ4n) is 2.22. The van der Waals surface area contributed by atoms with Crippen molar-refractivity contribution in [2.45, 2.75) is 39.7 Å². The van der Waals surface area contributed by atoms with E-state index in [9.17, 15) is 0 Å². The molecule has 0 amide bonds. The first kappa shape index (κ1) is 16.0. The molecule has 0 unspecified atom stereocenters. The highest BCUT2D eigenvalue weighted by Gasteiger charge is 2.14. The predicted molar refractivity (Wildman–Crippen MR) is 89.4 cm³/mol. The average Bonchev–Trinajstić information content (AvgIpc) is 2.89. The van der Waals surface area contributed by atoms with Crippen LogP contribution in [0.1, 0.15) is 47.8 Å². The number of nitrogens with zero attached hydrogens (tertiary/aromatic N) is 1. The summed E-state index contributed by atoms with van der Waals surface area (Å²) in [5, 5.41) is 4.60. The van der Waals surface area contributed by atoms with Crippen molar-refractivity contribution in [1.82, 2.24) is 10.3 Å². The molecule has 1 N–H and O–H groups in total. The molecule has 1 aromatic carbocycles. The molecule has 0 saturated carbocycles. The second-order valence-corrected chi connectivity index (χ2v) is 6.54. The number of rotatable bonds is 7. The lowest BCUT2D eigenvalue weighted by atomic mass is 10.1. The van der Waals surface area contributed by atoms with Crippen molar-refractivity contribution >= 4 is 11.3 Å². The topological polar surface area (TPSA) is 34.1 Å². The third-order valence-corrected chi connectivity index (χ3v) is 4.44. The minimum Gasteiger partial charge on any atom is -0.497 e. The Morgan fingerprint density at radius 1 is 1.24 bits per heavy atom. The second-order valence-electron chi connectivity index (χ2n) is 5.38. The van der Waals surface area contributed by atoms with E-state index in [0.29, 0.717) is 5.92 Å². The molecule has 1 aromatic heterocycles. The summed E-state index contributed by atoms with van der Waals surface area (Å²) in [4.78, 5) is 6.22. The maximum Gasteiger partial charge on any atom is 0.118 e. The van der Waals surface area contributed by atoms with Crippen molar-refractivity contribution in [2.24, 2.45) is 0 Å². The van der Waals surface area contributed by atoms with Crippen molar-refractivity contribution in [1.29, 1.82) is 0 Å². The van der Waals surface area contributed by atoms with Crippen LogP contribution in [0.4, 0.5) is 0 Å². The molecule has 0 bridgehead atoms. The van der Waals surface area contributed by atoms with Crippen molar-refractivity contribution in [3.63, 3.8) is 0 Å². The molecule has 2 rings (SSSR count). The summed E-state index contributed by atoms with van der Waals surface area (Å²) in [7, 11) is 1.69. The minimum atomic E-state index is 0.472. The Labute approximate surface area is 131 Å². The highest BCUT2D eigenvalue weighted by Crippen LogP contribution is 2.27. The summed E-state index contributed by atoms with van der Waals surface area (Å²) in [5.74, 6) is 1.37. The Morgan fingerprint density at radius 3 is 2.52 bits per heavy atom. The van der Waals surface area contributed by atoms with Crippen LogP contribution < -0.4 is 10.1 Å². The summed E-state index contributed by atoms with van der Waals surface area (Å²) >= 11 is 1.83. The van der Waals surface area contributed by atoms with Crippen LogP contribution in [0, 0.1) is 0 Å². The molecule has 0 spiro atoms. The number of thiazole rings is 1. The van der Waals surface area contributed by atoms with Gasteiger partial charge in [0.05, 0.1) is 17.8 Å². The van der Waals surface area contributed by atoms with Gasteiger partial charge in [0.1, 0.15) is 5.75 Å². The summed E-state index contributed by atoms with van der Waals surface area (Å²) in [6, 6.07) is 8.23. The monoisotopic (exact) mass is 304 g/mol. The minimum absolute atomic E-state index is 0.472. The normalized spacial score (nSPS) is 11.1. The Morgan fingerprint density at radius 2 is 1.95 bits per heavy atom. The van der Waals surface area contributed by atoms with Crippen molar-refractivity contribution < 1.29 is 4.74 Å². The molecule has 0 radical (unpaired) electrons. The largest absolute Gasteiger partial charge is 0.497 e. The number of aromatic nitrogens is 1. The van der Waals surface area contributed by atoms with E-state index in [0.717, 1.165) is 25.3 Å². The molecular weight excluding hydrogens is 280 g/mol. The third-order valence-electron chi connectivity index (χ3n) is 3.37. The van der Waals surface area contributed by atoms with E-state index in [1.54, 1.807) is 7.11 Å². The zero-order valence-corrected chi connectivity index (χ0v) is 14.1. The predicted octanol–water partition coefficient (Wildman–Crippen LogP) is 3.98. The summed E-state index contributed by atoms with van der Waals surface area (Å²) in [5.41, 5.74) is 2.51. The molecule has 114 valence electrons. The van der Waals surface area contributed by atoms with Gasteiger partial charge in [-0.1, -0.05) is 32.9 Å². The molecule has 0 saturated heterocycles. The molecule has 0 aliphatic heterocycles. The van der Waals surface area contributed by atoms with Gasteiger partial charge in [-0.25, -0.2) is 4.98 Å². The highest BCUT2D eigenvalue weighted by atomic mass is 32.1. The number of methoxy groups -OCH3 is 1. The third kappa shape index (κ3) is 4.29. The first-order valence-corrected chi connectivity index (χ1v) is 8.27. The van der Waals surface area contributed by atoms with Crippen LogP contribution >= 0.6 is 11.3 Å². The van der Waals surface area contributed by atoms with Gasteiger partial charge in [0.15, 0.2) is 0 Å². The first-order chi connectivity index (χ1) is 10.1. The molecule has 4 heteroatoms. The highest BCUT2D eigenvalue weighted by molar-refractivity contribution is 7.11. The van der Waals surface area contributed by atoms with Gasteiger partial charge in [0, 0.05) is 17.8 Å². The zero-order valence-electron chi connectivity index (χ0n) is 13.3. The Hall–Kier alpha value is -1.39. The lowest BCUT2D eigenvalue weighted by Gasteiger charge is -2.04. The lowest BCUT2D eigenvalue weighted by molar-refractivity contribution is 0.414. The average molecular weight is 304 g/mol. The maximum atomic E-state index is 5.20. The van der Waals surface area contributed by atoms with Crippen molar-refractivity contribution in [2.75, 3.05) is 13.7 Å². The van der Waals surface area contributed by atoms with Gasteiger partial charge in [-0.15, -0.1) is 11.3 Å². The van der Waals surface area contributed by atoms with Crippen LogP contribution in [-0.2, 0) is 13.0 Å². The van der Waals surface area contributed by atoms with E-state index in [2.05, 4.69) is 38.2 Å². The molecular formula is C17H24N2OS. The van der Waals surface area contributed by atoms with Crippen LogP contribution in [0.25, 0.3) is 0 Å². The van der Waals surface area contributed by atoms with Gasteiger partial charge < -0.3 is 10.1 Å². The van der Waals surface area contributed by atoms with E-state index in [1.165, 1.54) is 21.1 Å². The molecule has 0 fully saturated rings. The van der Waals surface area contributed by atoms with E-state index in [1.807, 2.05) is 23.5 Å². The van der Waals surface area contributed by atoms with Gasteiger partial charge in [-0.2, -0.15) is 0 Å². The quantitative estimate of drug-likeness (QED) is 0.840. The zero-order chi connectivity index (χ0) is 15.2. The van der Waals surface area contributed by atoms with Crippen LogP contribution in [0.2, 0.25) is 0 Å². The van der Waals surface area contributed by atoms with Crippen molar-refractivity contribution in [3.05, 3.63) is 45.4 Å². The van der Waals surface area contributed by atoms with Gasteiger partial charge in [0.2, 0.25) is 0 Å².